The van der Waals surface area contributed by atoms with Gasteiger partial charge in [0.15, 0.2) is 0 Å². The number of hydrogen-bond acceptors (Lipinski definition) is 1. The third kappa shape index (κ3) is 1.73. The molecule has 0 aromatic heterocycles. The van der Waals surface area contributed by atoms with E-state index in [4.69, 9.17) is 0 Å². The van der Waals surface area contributed by atoms with Crippen LogP contribution in [-0.2, 0) is 0 Å². The highest BCUT2D eigenvalue weighted by Crippen LogP contribution is 2.43. The van der Waals surface area contributed by atoms with Gasteiger partial charge < -0.3 is 0 Å². The molecule has 3 rings (SSSR count). The Balaban J connectivity index is 1.74. The van der Waals surface area contributed by atoms with Crippen LogP contribution in [0.15, 0.2) is 0 Å². The average Bonchev–Trinajstić information content (AvgIpc) is 2.82. The van der Waals surface area contributed by atoms with Gasteiger partial charge in [0.05, 0.1) is 0 Å². The Kier molecular flexibility index (Phi) is 2.76. The lowest BCUT2D eigenvalue weighted by Crippen LogP contribution is -2.43. The molecule has 1 heteroatoms. The highest BCUT2D eigenvalue weighted by Gasteiger charge is 2.43. The van der Waals surface area contributed by atoms with Crippen LogP contribution in [0.3, 0.4) is 0 Å². The van der Waals surface area contributed by atoms with E-state index < -0.39 is 0 Å². The summed E-state index contributed by atoms with van der Waals surface area (Å²) in [4.78, 5) is 2.94. The summed E-state index contributed by atoms with van der Waals surface area (Å²) >= 11 is 0. The van der Waals surface area contributed by atoms with Crippen LogP contribution in [0.2, 0.25) is 0 Å². The van der Waals surface area contributed by atoms with Crippen molar-refractivity contribution in [2.75, 3.05) is 0 Å². The first kappa shape index (κ1) is 10.1. The second-order valence-corrected chi connectivity index (χ2v) is 6.08. The molecule has 0 N–H and O–H groups in total. The molecule has 15 heavy (non-hydrogen) atoms. The monoisotopic (exact) mass is 207 g/mol. The van der Waals surface area contributed by atoms with Gasteiger partial charge in [-0.15, -0.1) is 0 Å². The summed E-state index contributed by atoms with van der Waals surface area (Å²) in [6.07, 6.45) is 13.5. The molecular formula is C14H25N. The first-order valence-corrected chi connectivity index (χ1v) is 7.13. The van der Waals surface area contributed by atoms with Gasteiger partial charge in [-0.05, 0) is 44.9 Å². The zero-order chi connectivity index (χ0) is 10.3. The molecule has 3 fully saturated rings. The molecule has 1 heterocycles. The molecule has 0 spiro atoms. The fourth-order valence-corrected chi connectivity index (χ4v) is 4.58. The van der Waals surface area contributed by atoms with Crippen LogP contribution in [0.1, 0.15) is 64.7 Å². The number of nitrogens with zero attached hydrogens (tertiary/aromatic N) is 1. The summed E-state index contributed by atoms with van der Waals surface area (Å²) in [6, 6.07) is 2.84. The van der Waals surface area contributed by atoms with Crippen molar-refractivity contribution in [2.24, 2.45) is 5.92 Å². The molecule has 3 aliphatic rings. The summed E-state index contributed by atoms with van der Waals surface area (Å²) in [6.45, 7) is 2.48. The minimum Gasteiger partial charge on any atom is -0.294 e. The Bertz CT molecular complexity index is 219. The van der Waals surface area contributed by atoms with Gasteiger partial charge in [-0.1, -0.05) is 25.7 Å². The molecule has 2 saturated carbocycles. The minimum atomic E-state index is 0.890. The second-order valence-electron chi connectivity index (χ2n) is 6.08. The van der Waals surface area contributed by atoms with Crippen LogP contribution < -0.4 is 0 Å². The summed E-state index contributed by atoms with van der Waals surface area (Å²) < 4.78 is 0. The predicted octanol–water partition coefficient (Wildman–Crippen LogP) is 3.58. The van der Waals surface area contributed by atoms with Gasteiger partial charge in [-0.3, -0.25) is 4.90 Å². The fourth-order valence-electron chi connectivity index (χ4n) is 4.58. The summed E-state index contributed by atoms with van der Waals surface area (Å²) in [5.74, 6) is 1.06. The van der Waals surface area contributed by atoms with E-state index in [0.29, 0.717) is 0 Å². The van der Waals surface area contributed by atoms with Crippen molar-refractivity contribution < 1.29 is 0 Å². The van der Waals surface area contributed by atoms with Crippen molar-refractivity contribution in [3.8, 4) is 0 Å². The molecule has 0 amide bonds. The summed E-state index contributed by atoms with van der Waals surface area (Å²) in [5.41, 5.74) is 0. The van der Waals surface area contributed by atoms with Crippen molar-refractivity contribution >= 4 is 0 Å². The molecule has 1 saturated heterocycles. The molecule has 2 aliphatic carbocycles. The van der Waals surface area contributed by atoms with Gasteiger partial charge in [0.2, 0.25) is 0 Å². The standard InChI is InChI=1S/C14H25N/c1-11-10-12-6-2-5-9-14(12)15(11)13-7-3-4-8-13/h11-14H,2-10H2,1H3/t11-,12+,14+/m1/s1. The van der Waals surface area contributed by atoms with Crippen molar-refractivity contribution in [2.45, 2.75) is 82.8 Å². The zero-order valence-electron chi connectivity index (χ0n) is 10.1. The van der Waals surface area contributed by atoms with Gasteiger partial charge >= 0.3 is 0 Å². The van der Waals surface area contributed by atoms with E-state index in [0.717, 1.165) is 24.0 Å². The van der Waals surface area contributed by atoms with Gasteiger partial charge in [-0.25, -0.2) is 0 Å². The molecule has 3 atom stereocenters. The average molecular weight is 207 g/mol. The molecule has 0 aromatic carbocycles. The fraction of sp³-hybridized carbons (Fsp3) is 1.00. The highest BCUT2D eigenvalue weighted by molar-refractivity contribution is 4.97. The number of likely N-dealkylation sites (tertiary alicyclic amines) is 1. The SMILES string of the molecule is C[C@@H]1C[C@@H]2CCCC[C@@H]2N1C1CCCC1. The Labute approximate surface area is 94.2 Å². The molecule has 1 nitrogen and oxygen atoms in total. The minimum absolute atomic E-state index is 0.890. The van der Waals surface area contributed by atoms with Gasteiger partial charge in [0.1, 0.15) is 0 Å². The van der Waals surface area contributed by atoms with Gasteiger partial charge in [0.25, 0.3) is 0 Å². The molecule has 0 bridgehead atoms. The predicted molar refractivity (Wildman–Crippen MR) is 63.9 cm³/mol. The van der Waals surface area contributed by atoms with Crippen molar-refractivity contribution in [3.63, 3.8) is 0 Å². The van der Waals surface area contributed by atoms with Crippen LogP contribution in [0.25, 0.3) is 0 Å². The Morgan fingerprint density at radius 1 is 0.867 bits per heavy atom. The van der Waals surface area contributed by atoms with E-state index >= 15 is 0 Å². The van der Waals surface area contributed by atoms with Crippen LogP contribution >= 0.6 is 0 Å². The van der Waals surface area contributed by atoms with E-state index in [1.807, 2.05) is 0 Å². The van der Waals surface area contributed by atoms with Crippen LogP contribution in [0.4, 0.5) is 0 Å². The lowest BCUT2D eigenvalue weighted by molar-refractivity contribution is 0.106. The quantitative estimate of drug-likeness (QED) is 0.635. The van der Waals surface area contributed by atoms with E-state index in [2.05, 4.69) is 11.8 Å². The number of hydrogen-bond donors (Lipinski definition) is 0. The van der Waals surface area contributed by atoms with Crippen LogP contribution in [-0.4, -0.2) is 23.0 Å². The molecule has 86 valence electrons. The van der Waals surface area contributed by atoms with Crippen molar-refractivity contribution in [1.29, 1.82) is 0 Å². The summed E-state index contributed by atoms with van der Waals surface area (Å²) in [7, 11) is 0. The number of fused-ring (bicyclic) bond motifs is 1. The third-order valence-electron chi connectivity index (χ3n) is 5.15. The normalized spacial score (nSPS) is 43.4. The molecule has 0 unspecified atom stereocenters. The van der Waals surface area contributed by atoms with Crippen LogP contribution in [0, 0.1) is 5.92 Å². The maximum atomic E-state index is 2.94. The molecular weight excluding hydrogens is 182 g/mol. The van der Waals surface area contributed by atoms with Crippen molar-refractivity contribution in [1.82, 2.24) is 4.90 Å². The lowest BCUT2D eigenvalue weighted by Gasteiger charge is -2.37. The smallest absolute Gasteiger partial charge is 0.0130 e. The van der Waals surface area contributed by atoms with Crippen molar-refractivity contribution in [3.05, 3.63) is 0 Å². The van der Waals surface area contributed by atoms with E-state index in [9.17, 15) is 0 Å². The third-order valence-corrected chi connectivity index (χ3v) is 5.15. The first-order valence-electron chi connectivity index (χ1n) is 7.13. The number of rotatable bonds is 1. The van der Waals surface area contributed by atoms with Gasteiger partial charge in [-0.2, -0.15) is 0 Å². The summed E-state index contributed by atoms with van der Waals surface area (Å²) in [5, 5.41) is 0. The van der Waals surface area contributed by atoms with Gasteiger partial charge in [0, 0.05) is 18.1 Å². The topological polar surface area (TPSA) is 3.24 Å². The largest absolute Gasteiger partial charge is 0.294 e. The zero-order valence-corrected chi connectivity index (χ0v) is 10.1. The van der Waals surface area contributed by atoms with Crippen LogP contribution in [0.5, 0.6) is 0 Å². The maximum Gasteiger partial charge on any atom is 0.0130 e. The molecule has 0 radical (unpaired) electrons. The van der Waals surface area contributed by atoms with E-state index in [1.54, 1.807) is 0 Å². The lowest BCUT2D eigenvalue weighted by atomic mass is 9.84. The van der Waals surface area contributed by atoms with E-state index in [-0.39, 0.29) is 0 Å². The Hall–Kier alpha value is -0.0400. The molecule has 1 aliphatic heterocycles. The Morgan fingerprint density at radius 2 is 1.53 bits per heavy atom. The Morgan fingerprint density at radius 3 is 2.33 bits per heavy atom. The first-order chi connectivity index (χ1) is 7.36. The second kappa shape index (κ2) is 4.08. The highest BCUT2D eigenvalue weighted by atomic mass is 15.2. The maximum absolute atomic E-state index is 2.94. The van der Waals surface area contributed by atoms with E-state index in [1.165, 1.54) is 57.8 Å². The molecule has 0 aromatic rings.